The highest BCUT2D eigenvalue weighted by Crippen LogP contribution is 2.23. The molecule has 0 saturated heterocycles. The first-order valence-corrected chi connectivity index (χ1v) is 9.03. The van der Waals surface area contributed by atoms with E-state index >= 15 is 0 Å². The van der Waals surface area contributed by atoms with E-state index in [4.69, 9.17) is 4.74 Å². The SMILES string of the molecule is CC(Oc1ccc(-c2ccc(=O)n(C)c2)cc1)C(O)CCc1cccnc1. The monoisotopic (exact) mass is 364 g/mol. The predicted molar refractivity (Wildman–Crippen MR) is 106 cm³/mol. The van der Waals surface area contributed by atoms with Crippen LogP contribution in [0.2, 0.25) is 0 Å². The second-order valence-electron chi connectivity index (χ2n) is 6.68. The average molecular weight is 364 g/mol. The van der Waals surface area contributed by atoms with Gasteiger partial charge in [-0.15, -0.1) is 0 Å². The van der Waals surface area contributed by atoms with Gasteiger partial charge in [0, 0.05) is 31.7 Å². The van der Waals surface area contributed by atoms with E-state index in [2.05, 4.69) is 4.98 Å². The maximum atomic E-state index is 11.5. The van der Waals surface area contributed by atoms with Crippen molar-refractivity contribution in [1.82, 2.24) is 9.55 Å². The summed E-state index contributed by atoms with van der Waals surface area (Å²) in [4.78, 5) is 15.6. The Morgan fingerprint density at radius 3 is 2.52 bits per heavy atom. The number of rotatable bonds is 7. The largest absolute Gasteiger partial charge is 0.488 e. The Labute approximate surface area is 158 Å². The molecule has 1 N–H and O–H groups in total. The molecule has 0 saturated carbocycles. The van der Waals surface area contributed by atoms with Gasteiger partial charge >= 0.3 is 0 Å². The maximum Gasteiger partial charge on any atom is 0.250 e. The summed E-state index contributed by atoms with van der Waals surface area (Å²) in [6.45, 7) is 1.87. The molecular weight excluding hydrogens is 340 g/mol. The minimum atomic E-state index is -0.562. The number of aliphatic hydroxyl groups excluding tert-OH is 1. The van der Waals surface area contributed by atoms with Crippen LogP contribution < -0.4 is 10.3 Å². The van der Waals surface area contributed by atoms with Gasteiger partial charge in [-0.25, -0.2) is 0 Å². The minimum Gasteiger partial charge on any atom is -0.488 e. The van der Waals surface area contributed by atoms with Crippen molar-refractivity contribution in [3.8, 4) is 16.9 Å². The van der Waals surface area contributed by atoms with Gasteiger partial charge in [0.15, 0.2) is 0 Å². The zero-order chi connectivity index (χ0) is 19.2. The standard InChI is InChI=1S/C22H24N2O3/c1-16(21(25)11-5-17-4-3-13-23-14-17)27-20-9-6-18(7-10-20)19-8-12-22(26)24(2)15-19/h3-4,6-10,12-16,21,25H,5,11H2,1-2H3. The van der Waals surface area contributed by atoms with Crippen LogP contribution in [0.4, 0.5) is 0 Å². The molecule has 5 nitrogen and oxygen atoms in total. The molecule has 0 radical (unpaired) electrons. The van der Waals surface area contributed by atoms with Crippen LogP contribution in [-0.4, -0.2) is 26.9 Å². The second-order valence-corrected chi connectivity index (χ2v) is 6.68. The fraction of sp³-hybridized carbons (Fsp3) is 0.273. The highest BCUT2D eigenvalue weighted by Gasteiger charge is 2.16. The van der Waals surface area contributed by atoms with Crippen LogP contribution in [0.15, 0.2) is 71.9 Å². The van der Waals surface area contributed by atoms with Crippen LogP contribution in [0.25, 0.3) is 11.1 Å². The molecule has 3 rings (SSSR count). The number of hydrogen-bond acceptors (Lipinski definition) is 4. The summed E-state index contributed by atoms with van der Waals surface area (Å²) >= 11 is 0. The molecule has 0 aliphatic heterocycles. The first-order valence-electron chi connectivity index (χ1n) is 9.03. The molecule has 1 aromatic carbocycles. The van der Waals surface area contributed by atoms with E-state index in [1.165, 1.54) is 0 Å². The predicted octanol–water partition coefficient (Wildman–Crippen LogP) is 3.21. The molecule has 5 heteroatoms. The molecule has 0 bridgehead atoms. The molecule has 3 aromatic rings. The average Bonchev–Trinajstić information content (AvgIpc) is 2.69. The summed E-state index contributed by atoms with van der Waals surface area (Å²) < 4.78 is 7.43. The van der Waals surface area contributed by atoms with Gasteiger partial charge in [0.2, 0.25) is 5.56 Å². The van der Waals surface area contributed by atoms with Crippen LogP contribution in [-0.2, 0) is 13.5 Å². The third-order valence-corrected chi connectivity index (χ3v) is 4.59. The van der Waals surface area contributed by atoms with Gasteiger partial charge in [0.25, 0.3) is 0 Å². The van der Waals surface area contributed by atoms with E-state index in [1.807, 2.05) is 61.8 Å². The van der Waals surface area contributed by atoms with Crippen molar-refractivity contribution < 1.29 is 9.84 Å². The van der Waals surface area contributed by atoms with E-state index < -0.39 is 6.10 Å². The van der Waals surface area contributed by atoms with Gasteiger partial charge in [0.05, 0.1) is 6.10 Å². The first kappa shape index (κ1) is 18.9. The molecular formula is C22H24N2O3. The molecule has 0 amide bonds. The molecule has 27 heavy (non-hydrogen) atoms. The first-order chi connectivity index (χ1) is 13.0. The van der Waals surface area contributed by atoms with Crippen molar-refractivity contribution in [2.24, 2.45) is 7.05 Å². The van der Waals surface area contributed by atoms with Crippen LogP contribution in [0.3, 0.4) is 0 Å². The van der Waals surface area contributed by atoms with Crippen LogP contribution in [0, 0.1) is 0 Å². The quantitative estimate of drug-likeness (QED) is 0.699. The van der Waals surface area contributed by atoms with Crippen LogP contribution in [0.1, 0.15) is 18.9 Å². The normalized spacial score (nSPS) is 13.1. The van der Waals surface area contributed by atoms with Crippen LogP contribution in [0.5, 0.6) is 5.75 Å². The van der Waals surface area contributed by atoms with E-state index in [1.54, 1.807) is 23.9 Å². The van der Waals surface area contributed by atoms with Gasteiger partial charge in [-0.3, -0.25) is 9.78 Å². The van der Waals surface area contributed by atoms with Gasteiger partial charge in [-0.05, 0) is 60.7 Å². The molecule has 2 atom stereocenters. The number of benzene rings is 1. The van der Waals surface area contributed by atoms with Crippen LogP contribution >= 0.6 is 0 Å². The fourth-order valence-electron chi connectivity index (χ4n) is 2.88. The summed E-state index contributed by atoms with van der Waals surface area (Å²) in [7, 11) is 1.73. The summed E-state index contributed by atoms with van der Waals surface area (Å²) in [5.74, 6) is 0.705. The van der Waals surface area contributed by atoms with Crippen molar-refractivity contribution >= 4 is 0 Å². The Balaban J connectivity index is 1.58. The molecule has 2 heterocycles. The highest BCUT2D eigenvalue weighted by molar-refractivity contribution is 5.63. The Kier molecular flexibility index (Phi) is 6.04. The Hall–Kier alpha value is -2.92. The molecule has 0 aliphatic rings. The van der Waals surface area contributed by atoms with Gasteiger partial charge < -0.3 is 14.4 Å². The third kappa shape index (κ3) is 5.05. The number of aromatic nitrogens is 2. The second kappa shape index (κ2) is 8.64. The van der Waals surface area contributed by atoms with Crippen molar-refractivity contribution in [3.63, 3.8) is 0 Å². The van der Waals surface area contributed by atoms with Crippen molar-refractivity contribution in [2.75, 3.05) is 0 Å². The third-order valence-electron chi connectivity index (χ3n) is 4.59. The fourth-order valence-corrected chi connectivity index (χ4v) is 2.88. The topological polar surface area (TPSA) is 64.3 Å². The smallest absolute Gasteiger partial charge is 0.250 e. The zero-order valence-electron chi connectivity index (χ0n) is 15.6. The lowest BCUT2D eigenvalue weighted by molar-refractivity contribution is 0.0420. The number of ether oxygens (including phenoxy) is 1. The molecule has 2 aromatic heterocycles. The Bertz CT molecular complexity index is 920. The number of aryl methyl sites for hydroxylation is 2. The minimum absolute atomic E-state index is 0.0344. The summed E-state index contributed by atoms with van der Waals surface area (Å²) in [5.41, 5.74) is 3.04. The number of pyridine rings is 2. The maximum absolute atomic E-state index is 11.5. The van der Waals surface area contributed by atoms with Crippen molar-refractivity contribution in [2.45, 2.75) is 32.0 Å². The number of aliphatic hydroxyl groups is 1. The Morgan fingerprint density at radius 2 is 1.85 bits per heavy atom. The lowest BCUT2D eigenvalue weighted by Crippen LogP contribution is -2.29. The van der Waals surface area contributed by atoms with E-state index in [-0.39, 0.29) is 11.7 Å². The van der Waals surface area contributed by atoms with E-state index in [0.717, 1.165) is 23.1 Å². The summed E-state index contributed by atoms with van der Waals surface area (Å²) in [6, 6.07) is 14.9. The van der Waals surface area contributed by atoms with Crippen molar-refractivity contribution in [1.29, 1.82) is 0 Å². The van der Waals surface area contributed by atoms with Gasteiger partial charge in [0.1, 0.15) is 11.9 Å². The summed E-state index contributed by atoms with van der Waals surface area (Å²) in [5, 5.41) is 10.4. The molecule has 140 valence electrons. The number of nitrogens with zero attached hydrogens (tertiary/aromatic N) is 2. The number of hydrogen-bond donors (Lipinski definition) is 1. The lowest BCUT2D eigenvalue weighted by Gasteiger charge is -2.20. The van der Waals surface area contributed by atoms with Crippen molar-refractivity contribution in [3.05, 3.63) is 83.0 Å². The summed E-state index contributed by atoms with van der Waals surface area (Å²) in [6.07, 6.45) is 5.86. The molecule has 0 spiro atoms. The lowest BCUT2D eigenvalue weighted by atomic mass is 10.1. The van der Waals surface area contributed by atoms with Gasteiger partial charge in [-0.1, -0.05) is 18.2 Å². The van der Waals surface area contributed by atoms with Gasteiger partial charge in [-0.2, -0.15) is 0 Å². The van der Waals surface area contributed by atoms with E-state index in [9.17, 15) is 9.90 Å². The highest BCUT2D eigenvalue weighted by atomic mass is 16.5. The zero-order valence-corrected chi connectivity index (χ0v) is 15.6. The van der Waals surface area contributed by atoms with E-state index in [0.29, 0.717) is 12.2 Å². The molecule has 0 fully saturated rings. The Morgan fingerprint density at radius 1 is 1.11 bits per heavy atom. The molecule has 0 aliphatic carbocycles. The molecule has 2 unspecified atom stereocenters.